The molecule has 1 saturated carbocycles. The number of aliphatic hydroxyl groups is 1. The Morgan fingerprint density at radius 1 is 1.22 bits per heavy atom. The number of fused-ring (bicyclic) bond motifs is 1. The lowest BCUT2D eigenvalue weighted by atomic mass is 9.93. The number of Topliss-reactive ketones (excluding diaryl/α,β-unsaturated/α-hetero) is 1. The molecule has 1 N–H and O–H groups in total. The van der Waals surface area contributed by atoms with Crippen molar-refractivity contribution in [3.8, 4) is 0 Å². The lowest BCUT2D eigenvalue weighted by Gasteiger charge is -2.29. The Kier molecular flexibility index (Phi) is 6.37. The van der Waals surface area contributed by atoms with E-state index in [-0.39, 0.29) is 42.4 Å². The highest BCUT2D eigenvalue weighted by Crippen LogP contribution is 2.39. The molecule has 0 saturated heterocycles. The van der Waals surface area contributed by atoms with Crippen molar-refractivity contribution in [2.24, 2.45) is 5.92 Å². The summed E-state index contributed by atoms with van der Waals surface area (Å²) in [5.74, 6) is -0.469. The van der Waals surface area contributed by atoms with E-state index >= 15 is 0 Å². The molecule has 1 aliphatic heterocycles. The number of ketones is 1. The summed E-state index contributed by atoms with van der Waals surface area (Å²) in [6.45, 7) is 0.00715. The lowest BCUT2D eigenvalue weighted by Crippen LogP contribution is -2.43. The van der Waals surface area contributed by atoms with Crippen molar-refractivity contribution in [1.82, 2.24) is 14.7 Å². The summed E-state index contributed by atoms with van der Waals surface area (Å²) in [6, 6.07) is 4.52. The minimum absolute atomic E-state index is 0.0118. The number of rotatable bonds is 8. The van der Waals surface area contributed by atoms with Crippen LogP contribution in [0.5, 0.6) is 0 Å². The average Bonchev–Trinajstić information content (AvgIpc) is 3.47. The second kappa shape index (κ2) is 9.05. The minimum atomic E-state index is -4.56. The maximum absolute atomic E-state index is 13.5. The Morgan fingerprint density at radius 3 is 2.66 bits per heavy atom. The summed E-state index contributed by atoms with van der Waals surface area (Å²) >= 11 is 0. The van der Waals surface area contributed by atoms with Crippen LogP contribution < -0.4 is 0 Å². The Morgan fingerprint density at radius 2 is 1.97 bits per heavy atom. The van der Waals surface area contributed by atoms with Gasteiger partial charge in [0.25, 0.3) is 5.91 Å². The molecule has 9 heteroatoms. The van der Waals surface area contributed by atoms with Crippen LogP contribution in [-0.4, -0.2) is 44.1 Å². The van der Waals surface area contributed by atoms with Crippen molar-refractivity contribution in [2.75, 3.05) is 6.61 Å². The van der Waals surface area contributed by atoms with E-state index in [2.05, 4.69) is 5.10 Å². The second-order valence-electron chi connectivity index (χ2n) is 8.60. The molecule has 1 aromatic carbocycles. The minimum Gasteiger partial charge on any atom is -0.394 e. The zero-order chi connectivity index (χ0) is 22.9. The maximum atomic E-state index is 13.5. The van der Waals surface area contributed by atoms with Crippen LogP contribution >= 0.6 is 0 Å². The van der Waals surface area contributed by atoms with E-state index in [9.17, 15) is 22.8 Å². The van der Waals surface area contributed by atoms with Gasteiger partial charge in [-0.3, -0.25) is 14.3 Å². The molecule has 32 heavy (non-hydrogen) atoms. The molecular weight excluding hydrogens is 423 g/mol. The zero-order valence-electron chi connectivity index (χ0n) is 17.6. The molecule has 2 aliphatic rings. The van der Waals surface area contributed by atoms with Gasteiger partial charge >= 0.3 is 6.18 Å². The first kappa shape index (κ1) is 22.5. The Hall–Kier alpha value is -2.68. The molecule has 1 aromatic heterocycles. The number of alkyl halides is 3. The molecule has 4 rings (SSSR count). The van der Waals surface area contributed by atoms with Crippen molar-refractivity contribution in [3.05, 3.63) is 52.8 Å². The van der Waals surface area contributed by atoms with Crippen LogP contribution in [0.3, 0.4) is 0 Å². The SMILES string of the molecule is O=C(Cc1ccn(CCO)n1)[C@H](CC1CCCC1)N1Cc2c(cccc2C(F)(F)F)C1=O. The Balaban J connectivity index is 1.60. The van der Waals surface area contributed by atoms with E-state index in [1.807, 2.05) is 0 Å². The van der Waals surface area contributed by atoms with E-state index in [0.29, 0.717) is 18.7 Å². The Bertz CT molecular complexity index is 996. The van der Waals surface area contributed by atoms with E-state index in [1.54, 1.807) is 12.3 Å². The lowest BCUT2D eigenvalue weighted by molar-refractivity contribution is -0.138. The van der Waals surface area contributed by atoms with E-state index in [4.69, 9.17) is 5.11 Å². The largest absolute Gasteiger partial charge is 0.416 e. The molecule has 172 valence electrons. The van der Waals surface area contributed by atoms with Gasteiger partial charge in [-0.2, -0.15) is 18.3 Å². The van der Waals surface area contributed by atoms with Gasteiger partial charge in [0.2, 0.25) is 0 Å². The van der Waals surface area contributed by atoms with Crippen LogP contribution in [0, 0.1) is 5.92 Å². The molecule has 6 nitrogen and oxygen atoms in total. The van der Waals surface area contributed by atoms with Crippen molar-refractivity contribution >= 4 is 11.7 Å². The number of benzene rings is 1. The van der Waals surface area contributed by atoms with Gasteiger partial charge in [-0.05, 0) is 36.1 Å². The highest BCUT2D eigenvalue weighted by molar-refractivity contribution is 6.02. The highest BCUT2D eigenvalue weighted by Gasteiger charge is 2.43. The zero-order valence-corrected chi connectivity index (χ0v) is 17.6. The molecule has 2 heterocycles. The predicted molar refractivity (Wildman–Crippen MR) is 110 cm³/mol. The molecule has 1 aliphatic carbocycles. The smallest absolute Gasteiger partial charge is 0.394 e. The molecule has 2 aromatic rings. The van der Waals surface area contributed by atoms with Gasteiger partial charge in [0.05, 0.1) is 36.9 Å². The van der Waals surface area contributed by atoms with E-state index < -0.39 is 23.7 Å². The number of carbonyl (C=O) groups is 2. The number of aliphatic hydroxyl groups excluding tert-OH is 1. The molecule has 1 fully saturated rings. The number of aromatic nitrogens is 2. The predicted octanol–water partition coefficient (Wildman–Crippen LogP) is 3.61. The third-order valence-electron chi connectivity index (χ3n) is 6.46. The van der Waals surface area contributed by atoms with Crippen molar-refractivity contribution in [2.45, 2.75) is 63.8 Å². The normalized spacial score (nSPS) is 17.8. The standard InChI is InChI=1S/C23H26F3N3O3/c24-23(25,26)19-7-3-6-17-18(19)14-29(22(17)32)20(12-15-4-1-2-5-15)21(31)13-16-8-9-28(27-16)10-11-30/h3,6-9,15,20,30H,1-2,4-5,10-14H2/t20-/m0/s1. The summed E-state index contributed by atoms with van der Waals surface area (Å²) in [5, 5.41) is 13.3. The van der Waals surface area contributed by atoms with Gasteiger partial charge in [-0.15, -0.1) is 0 Å². The number of amides is 1. The van der Waals surface area contributed by atoms with Crippen LogP contribution in [0.15, 0.2) is 30.5 Å². The highest BCUT2D eigenvalue weighted by atomic mass is 19.4. The average molecular weight is 449 g/mol. The fraction of sp³-hybridized carbons (Fsp3) is 0.522. The summed E-state index contributed by atoms with van der Waals surface area (Å²) in [6.07, 6.45) is 1.57. The molecule has 1 atom stereocenters. The Labute approximate surface area is 184 Å². The van der Waals surface area contributed by atoms with Gasteiger partial charge in [0, 0.05) is 18.3 Å². The third kappa shape index (κ3) is 4.57. The van der Waals surface area contributed by atoms with Crippen molar-refractivity contribution in [1.29, 1.82) is 0 Å². The van der Waals surface area contributed by atoms with E-state index in [1.165, 1.54) is 21.7 Å². The van der Waals surface area contributed by atoms with Crippen LogP contribution in [0.1, 0.15) is 59.3 Å². The fourth-order valence-corrected chi connectivity index (χ4v) is 4.89. The number of carbonyl (C=O) groups excluding carboxylic acids is 2. The summed E-state index contributed by atoms with van der Waals surface area (Å²) in [7, 11) is 0. The van der Waals surface area contributed by atoms with Gasteiger partial charge in [-0.25, -0.2) is 0 Å². The number of hydrogen-bond acceptors (Lipinski definition) is 4. The van der Waals surface area contributed by atoms with Gasteiger partial charge in [0.1, 0.15) is 0 Å². The first-order chi connectivity index (χ1) is 15.3. The molecule has 0 spiro atoms. The van der Waals surface area contributed by atoms with Crippen molar-refractivity contribution in [3.63, 3.8) is 0 Å². The maximum Gasteiger partial charge on any atom is 0.416 e. The first-order valence-corrected chi connectivity index (χ1v) is 10.9. The molecular formula is C23H26F3N3O3. The quantitative estimate of drug-likeness (QED) is 0.668. The molecule has 0 radical (unpaired) electrons. The topological polar surface area (TPSA) is 75.4 Å². The summed E-state index contributed by atoms with van der Waals surface area (Å²) in [5.41, 5.74) is -0.335. The van der Waals surface area contributed by atoms with Crippen LogP contribution in [-0.2, 0) is 30.5 Å². The van der Waals surface area contributed by atoms with E-state index in [0.717, 1.165) is 31.7 Å². The van der Waals surface area contributed by atoms with Crippen LogP contribution in [0.25, 0.3) is 0 Å². The third-order valence-corrected chi connectivity index (χ3v) is 6.46. The second-order valence-corrected chi connectivity index (χ2v) is 8.60. The van der Waals surface area contributed by atoms with Crippen LogP contribution in [0.2, 0.25) is 0 Å². The monoisotopic (exact) mass is 449 g/mol. The molecule has 1 amide bonds. The number of halogens is 3. The summed E-state index contributed by atoms with van der Waals surface area (Å²) in [4.78, 5) is 27.7. The molecule has 0 unspecified atom stereocenters. The van der Waals surface area contributed by atoms with Crippen LogP contribution in [0.4, 0.5) is 13.2 Å². The fourth-order valence-electron chi connectivity index (χ4n) is 4.89. The number of hydrogen-bond donors (Lipinski definition) is 1. The molecule has 0 bridgehead atoms. The first-order valence-electron chi connectivity index (χ1n) is 10.9. The van der Waals surface area contributed by atoms with Crippen molar-refractivity contribution < 1.29 is 27.9 Å². The van der Waals surface area contributed by atoms with Gasteiger partial charge < -0.3 is 10.0 Å². The van der Waals surface area contributed by atoms with Gasteiger partial charge in [-0.1, -0.05) is 31.7 Å². The van der Waals surface area contributed by atoms with Gasteiger partial charge in [0.15, 0.2) is 5.78 Å². The number of nitrogens with zero attached hydrogens (tertiary/aromatic N) is 3. The summed E-state index contributed by atoms with van der Waals surface area (Å²) < 4.78 is 42.1.